The Bertz CT molecular complexity index is 631. The number of carbonyl (C=O) groups is 1. The second-order valence-electron chi connectivity index (χ2n) is 6.14. The average molecular weight is 313 g/mol. The van der Waals surface area contributed by atoms with E-state index < -0.39 is 0 Å². The van der Waals surface area contributed by atoms with Crippen molar-refractivity contribution in [2.45, 2.75) is 26.3 Å². The van der Waals surface area contributed by atoms with Gasteiger partial charge < -0.3 is 14.2 Å². The Hall–Kier alpha value is -2.30. The molecule has 1 saturated heterocycles. The van der Waals surface area contributed by atoms with Crippen LogP contribution in [0.1, 0.15) is 18.4 Å². The van der Waals surface area contributed by atoms with E-state index in [0.29, 0.717) is 5.92 Å². The highest BCUT2D eigenvalue weighted by Gasteiger charge is 2.23. The summed E-state index contributed by atoms with van der Waals surface area (Å²) < 4.78 is 7.77. The quantitative estimate of drug-likeness (QED) is 0.852. The highest BCUT2D eigenvalue weighted by molar-refractivity contribution is 5.77. The Morgan fingerprint density at radius 1 is 1.30 bits per heavy atom. The topological polar surface area (TPSA) is 47.4 Å². The molecule has 5 heteroatoms. The molecule has 5 nitrogen and oxygen atoms in total. The van der Waals surface area contributed by atoms with Crippen LogP contribution in [-0.2, 0) is 11.3 Å². The molecule has 122 valence electrons. The first-order valence-corrected chi connectivity index (χ1v) is 8.14. The smallest absolute Gasteiger partial charge is 0.260 e. The van der Waals surface area contributed by atoms with Crippen LogP contribution in [0.3, 0.4) is 0 Å². The fraction of sp³-hybridized carbons (Fsp3) is 0.444. The molecule has 1 aromatic carbocycles. The minimum absolute atomic E-state index is 0.0781. The lowest BCUT2D eigenvalue weighted by Gasteiger charge is -2.32. The number of nitrogens with zero attached hydrogens (tertiary/aromatic N) is 3. The van der Waals surface area contributed by atoms with Gasteiger partial charge in [0.2, 0.25) is 0 Å². The molecule has 0 aliphatic carbocycles. The Kier molecular flexibility index (Phi) is 4.95. The zero-order valence-corrected chi connectivity index (χ0v) is 13.5. The summed E-state index contributed by atoms with van der Waals surface area (Å²) in [4.78, 5) is 18.3. The molecule has 0 saturated carbocycles. The molecule has 1 aliphatic heterocycles. The maximum absolute atomic E-state index is 12.3. The van der Waals surface area contributed by atoms with Crippen LogP contribution in [0.5, 0.6) is 5.75 Å². The lowest BCUT2D eigenvalue weighted by Crippen LogP contribution is -2.41. The summed E-state index contributed by atoms with van der Waals surface area (Å²) in [5, 5.41) is 0. The SMILES string of the molecule is Cc1ccccc1OCC(=O)N1CCC(Cn2ccnc2)CC1. The summed E-state index contributed by atoms with van der Waals surface area (Å²) in [7, 11) is 0. The van der Waals surface area contributed by atoms with Crippen molar-refractivity contribution < 1.29 is 9.53 Å². The summed E-state index contributed by atoms with van der Waals surface area (Å²) >= 11 is 0. The van der Waals surface area contributed by atoms with Gasteiger partial charge in [-0.05, 0) is 37.3 Å². The lowest BCUT2D eigenvalue weighted by atomic mass is 9.97. The number of hydrogen-bond donors (Lipinski definition) is 0. The van der Waals surface area contributed by atoms with Gasteiger partial charge in [0.05, 0.1) is 6.33 Å². The maximum atomic E-state index is 12.3. The summed E-state index contributed by atoms with van der Waals surface area (Å²) in [5.74, 6) is 1.48. The number of carbonyl (C=O) groups excluding carboxylic acids is 1. The zero-order valence-electron chi connectivity index (χ0n) is 13.5. The molecule has 0 N–H and O–H groups in total. The van der Waals surface area contributed by atoms with E-state index in [1.54, 1.807) is 0 Å². The second-order valence-corrected chi connectivity index (χ2v) is 6.14. The highest BCUT2D eigenvalue weighted by atomic mass is 16.5. The van der Waals surface area contributed by atoms with Gasteiger partial charge in [0.1, 0.15) is 5.75 Å². The van der Waals surface area contributed by atoms with Gasteiger partial charge in [-0.3, -0.25) is 4.79 Å². The molecule has 0 spiro atoms. The predicted molar refractivity (Wildman–Crippen MR) is 88.2 cm³/mol. The Morgan fingerprint density at radius 2 is 2.09 bits per heavy atom. The normalized spacial score (nSPS) is 15.6. The van der Waals surface area contributed by atoms with Gasteiger partial charge in [0.15, 0.2) is 6.61 Å². The molecule has 1 aromatic heterocycles. The van der Waals surface area contributed by atoms with Gasteiger partial charge in [0.25, 0.3) is 5.91 Å². The third-order valence-corrected chi connectivity index (χ3v) is 4.44. The monoisotopic (exact) mass is 313 g/mol. The summed E-state index contributed by atoms with van der Waals surface area (Å²) in [6.07, 6.45) is 7.73. The Balaban J connectivity index is 1.44. The molecule has 0 radical (unpaired) electrons. The maximum Gasteiger partial charge on any atom is 0.260 e. The van der Waals surface area contributed by atoms with Gasteiger partial charge in [0, 0.05) is 32.0 Å². The second kappa shape index (κ2) is 7.31. The molecule has 1 aliphatic rings. The molecule has 0 atom stereocenters. The molecule has 2 heterocycles. The zero-order chi connectivity index (χ0) is 16.1. The number of imidazole rings is 1. The van der Waals surface area contributed by atoms with Crippen LogP contribution in [0.2, 0.25) is 0 Å². The number of aromatic nitrogens is 2. The fourth-order valence-corrected chi connectivity index (χ4v) is 3.01. The number of aryl methyl sites for hydroxylation is 1. The van der Waals surface area contributed by atoms with E-state index in [2.05, 4.69) is 9.55 Å². The van der Waals surface area contributed by atoms with Crippen molar-refractivity contribution in [3.05, 3.63) is 48.5 Å². The number of benzene rings is 1. The van der Waals surface area contributed by atoms with Crippen LogP contribution >= 0.6 is 0 Å². The Morgan fingerprint density at radius 3 is 2.78 bits per heavy atom. The number of para-hydroxylation sites is 1. The van der Waals surface area contributed by atoms with E-state index in [9.17, 15) is 4.79 Å². The van der Waals surface area contributed by atoms with Gasteiger partial charge in [-0.15, -0.1) is 0 Å². The molecule has 0 unspecified atom stereocenters. The number of ether oxygens (including phenoxy) is 1. The summed E-state index contributed by atoms with van der Waals surface area (Å²) in [6, 6.07) is 7.78. The lowest BCUT2D eigenvalue weighted by molar-refractivity contribution is -0.134. The van der Waals surface area contributed by atoms with Gasteiger partial charge in [-0.1, -0.05) is 18.2 Å². The molecular weight excluding hydrogens is 290 g/mol. The highest BCUT2D eigenvalue weighted by Crippen LogP contribution is 2.20. The first-order chi connectivity index (χ1) is 11.2. The van der Waals surface area contributed by atoms with E-state index in [0.717, 1.165) is 43.8 Å². The number of amides is 1. The molecule has 1 amide bonds. The van der Waals surface area contributed by atoms with Crippen molar-refractivity contribution in [3.63, 3.8) is 0 Å². The van der Waals surface area contributed by atoms with Crippen LogP contribution < -0.4 is 4.74 Å². The third kappa shape index (κ3) is 4.12. The standard InChI is InChI=1S/C18H23N3O2/c1-15-4-2-3-5-17(15)23-13-18(22)21-9-6-16(7-10-21)12-20-11-8-19-14-20/h2-5,8,11,14,16H,6-7,9-10,12-13H2,1H3. The van der Waals surface area contributed by atoms with Crippen LogP contribution in [0, 0.1) is 12.8 Å². The predicted octanol–water partition coefficient (Wildman–Crippen LogP) is 2.51. The number of hydrogen-bond acceptors (Lipinski definition) is 3. The number of rotatable bonds is 5. The molecule has 2 aromatic rings. The number of piperidine rings is 1. The molecule has 0 bridgehead atoms. The van der Waals surface area contributed by atoms with Crippen LogP contribution in [0.25, 0.3) is 0 Å². The van der Waals surface area contributed by atoms with Gasteiger partial charge in [-0.25, -0.2) is 4.98 Å². The van der Waals surface area contributed by atoms with Gasteiger partial charge in [-0.2, -0.15) is 0 Å². The molecule has 1 fully saturated rings. The van der Waals surface area contributed by atoms with Crippen molar-refractivity contribution >= 4 is 5.91 Å². The first-order valence-electron chi connectivity index (χ1n) is 8.14. The summed E-state index contributed by atoms with van der Waals surface area (Å²) in [5.41, 5.74) is 1.05. The molecular formula is C18H23N3O2. The minimum Gasteiger partial charge on any atom is -0.484 e. The van der Waals surface area contributed by atoms with Crippen molar-refractivity contribution in [2.24, 2.45) is 5.92 Å². The van der Waals surface area contributed by atoms with Crippen molar-refractivity contribution in [2.75, 3.05) is 19.7 Å². The third-order valence-electron chi connectivity index (χ3n) is 4.44. The average Bonchev–Trinajstić information content (AvgIpc) is 3.07. The molecule has 23 heavy (non-hydrogen) atoms. The van der Waals surface area contributed by atoms with E-state index in [4.69, 9.17) is 4.74 Å². The van der Waals surface area contributed by atoms with Crippen LogP contribution in [0.4, 0.5) is 0 Å². The largest absolute Gasteiger partial charge is 0.484 e. The van der Waals surface area contributed by atoms with Gasteiger partial charge >= 0.3 is 0 Å². The van der Waals surface area contributed by atoms with Crippen molar-refractivity contribution in [3.8, 4) is 5.75 Å². The summed E-state index contributed by atoms with van der Waals surface area (Å²) in [6.45, 7) is 4.73. The van der Waals surface area contributed by atoms with E-state index in [1.165, 1.54) is 0 Å². The van der Waals surface area contributed by atoms with Crippen LogP contribution in [0.15, 0.2) is 43.0 Å². The van der Waals surface area contributed by atoms with Crippen molar-refractivity contribution in [1.82, 2.24) is 14.5 Å². The van der Waals surface area contributed by atoms with E-state index in [1.807, 2.05) is 54.8 Å². The minimum atomic E-state index is 0.0781. The first kappa shape index (κ1) is 15.6. The van der Waals surface area contributed by atoms with Crippen molar-refractivity contribution in [1.29, 1.82) is 0 Å². The fourth-order valence-electron chi connectivity index (χ4n) is 3.01. The van der Waals surface area contributed by atoms with E-state index in [-0.39, 0.29) is 12.5 Å². The Labute approximate surface area is 136 Å². The van der Waals surface area contributed by atoms with Crippen LogP contribution in [-0.4, -0.2) is 40.1 Å². The molecule has 3 rings (SSSR count). The number of likely N-dealkylation sites (tertiary alicyclic amines) is 1. The van der Waals surface area contributed by atoms with E-state index >= 15 is 0 Å².